The van der Waals surface area contributed by atoms with E-state index in [1.54, 1.807) is 0 Å². The number of alkyl halides is 3. The molecule has 0 spiro atoms. The fraction of sp³-hybridized carbons (Fsp3) is 0.600. The van der Waals surface area contributed by atoms with E-state index in [2.05, 4.69) is 5.32 Å². The molecule has 0 aromatic heterocycles. The van der Waals surface area contributed by atoms with Gasteiger partial charge in [-0.3, -0.25) is 4.90 Å². The molecule has 0 bridgehead atoms. The van der Waals surface area contributed by atoms with Crippen LogP contribution in [-0.4, -0.2) is 31.1 Å². The molecule has 7 heteroatoms. The van der Waals surface area contributed by atoms with E-state index < -0.39 is 17.6 Å². The third-order valence-corrected chi connectivity index (χ3v) is 3.89. The summed E-state index contributed by atoms with van der Waals surface area (Å²) in [4.78, 5) is 2.02. The highest BCUT2D eigenvalue weighted by Crippen LogP contribution is 2.30. The van der Waals surface area contributed by atoms with Gasteiger partial charge < -0.3 is 5.32 Å². The van der Waals surface area contributed by atoms with Crippen molar-refractivity contribution in [2.75, 3.05) is 20.1 Å². The lowest BCUT2D eigenvalue weighted by Gasteiger charge is -2.27. The quantitative estimate of drug-likeness (QED) is 0.841. The maximum atomic E-state index is 13.4. The molecule has 0 saturated carbocycles. The molecule has 1 saturated heterocycles. The van der Waals surface area contributed by atoms with Gasteiger partial charge in [0.25, 0.3) is 0 Å². The molecular weight excluding hydrogens is 320 g/mol. The first-order chi connectivity index (χ1) is 9.86. The van der Waals surface area contributed by atoms with Gasteiger partial charge in [0.2, 0.25) is 0 Å². The Bertz CT molecular complexity index is 471. The van der Waals surface area contributed by atoms with Gasteiger partial charge in [0.1, 0.15) is 5.82 Å². The van der Waals surface area contributed by atoms with Crippen molar-refractivity contribution in [3.8, 4) is 0 Å². The van der Waals surface area contributed by atoms with Gasteiger partial charge in [-0.2, -0.15) is 13.2 Å². The first-order valence-corrected chi connectivity index (χ1v) is 7.14. The average molecular weight is 341 g/mol. The van der Waals surface area contributed by atoms with Crippen molar-refractivity contribution in [3.05, 3.63) is 35.1 Å². The molecule has 22 heavy (non-hydrogen) atoms. The van der Waals surface area contributed by atoms with Crippen LogP contribution in [0.5, 0.6) is 0 Å². The molecule has 1 aromatic rings. The molecule has 0 amide bonds. The summed E-state index contributed by atoms with van der Waals surface area (Å²) in [5, 5.41) is 3.30. The molecule has 126 valence electrons. The first kappa shape index (κ1) is 19.2. The number of rotatable bonds is 3. The molecule has 0 aliphatic carbocycles. The zero-order valence-electron chi connectivity index (χ0n) is 12.4. The first-order valence-electron chi connectivity index (χ1n) is 7.14. The highest BCUT2D eigenvalue weighted by molar-refractivity contribution is 5.85. The Morgan fingerprint density at radius 2 is 1.91 bits per heavy atom. The van der Waals surface area contributed by atoms with Crippen LogP contribution >= 0.6 is 12.4 Å². The molecule has 1 heterocycles. The van der Waals surface area contributed by atoms with Crippen LogP contribution < -0.4 is 5.32 Å². The van der Waals surface area contributed by atoms with Crippen molar-refractivity contribution in [1.82, 2.24) is 10.2 Å². The van der Waals surface area contributed by atoms with Gasteiger partial charge in [0.15, 0.2) is 0 Å². The van der Waals surface area contributed by atoms with E-state index in [0.29, 0.717) is 24.2 Å². The maximum absolute atomic E-state index is 13.4. The second kappa shape index (κ2) is 8.13. The number of hydrogen-bond acceptors (Lipinski definition) is 2. The lowest BCUT2D eigenvalue weighted by atomic mass is 10.1. The molecular formula is C15H21ClF4N2. The Morgan fingerprint density at radius 3 is 2.59 bits per heavy atom. The third kappa shape index (κ3) is 5.41. The maximum Gasteiger partial charge on any atom is 0.416 e. The minimum atomic E-state index is -4.51. The minimum absolute atomic E-state index is 0. The smallest absolute Gasteiger partial charge is 0.317 e. The number of benzene rings is 1. The SMILES string of the molecule is CN(Cc1cc(F)cc(C(F)(F)F)c1)C1CCCNCC1.Cl. The molecule has 1 unspecified atom stereocenters. The fourth-order valence-electron chi connectivity index (χ4n) is 2.76. The minimum Gasteiger partial charge on any atom is -0.317 e. The summed E-state index contributed by atoms with van der Waals surface area (Å²) >= 11 is 0. The lowest BCUT2D eigenvalue weighted by molar-refractivity contribution is -0.137. The summed E-state index contributed by atoms with van der Waals surface area (Å²) in [5.41, 5.74) is -0.560. The molecule has 1 atom stereocenters. The average Bonchev–Trinajstić information content (AvgIpc) is 2.65. The van der Waals surface area contributed by atoms with Crippen molar-refractivity contribution < 1.29 is 17.6 Å². The Balaban J connectivity index is 0.00000242. The van der Waals surface area contributed by atoms with Crippen molar-refractivity contribution in [2.45, 2.75) is 38.0 Å². The number of halogens is 5. The van der Waals surface area contributed by atoms with Gasteiger partial charge in [0, 0.05) is 12.6 Å². The highest BCUT2D eigenvalue weighted by Gasteiger charge is 2.31. The van der Waals surface area contributed by atoms with Crippen LogP contribution in [0.2, 0.25) is 0 Å². The van der Waals surface area contributed by atoms with Crippen LogP contribution in [0.4, 0.5) is 17.6 Å². The van der Waals surface area contributed by atoms with Gasteiger partial charge in [-0.05, 0) is 63.2 Å². The molecule has 2 nitrogen and oxygen atoms in total. The molecule has 1 aromatic carbocycles. The lowest BCUT2D eigenvalue weighted by Crippen LogP contribution is -2.32. The summed E-state index contributed by atoms with van der Waals surface area (Å²) in [6.45, 7) is 2.21. The Labute approximate surface area is 134 Å². The Hall–Kier alpha value is -0.850. The van der Waals surface area contributed by atoms with Crippen LogP contribution in [0.3, 0.4) is 0 Å². The summed E-state index contributed by atoms with van der Waals surface area (Å²) < 4.78 is 51.5. The molecule has 1 aliphatic heterocycles. The molecule has 1 fully saturated rings. The highest BCUT2D eigenvalue weighted by atomic mass is 35.5. The third-order valence-electron chi connectivity index (χ3n) is 3.89. The van der Waals surface area contributed by atoms with Crippen LogP contribution in [0, 0.1) is 5.82 Å². The number of nitrogens with zero attached hydrogens (tertiary/aromatic N) is 1. The van der Waals surface area contributed by atoms with Gasteiger partial charge in [0.05, 0.1) is 5.56 Å². The second-order valence-corrected chi connectivity index (χ2v) is 5.60. The Kier molecular flexibility index (Phi) is 7.09. The monoisotopic (exact) mass is 340 g/mol. The van der Waals surface area contributed by atoms with Crippen LogP contribution in [0.25, 0.3) is 0 Å². The second-order valence-electron chi connectivity index (χ2n) is 5.60. The summed E-state index contributed by atoms with van der Waals surface area (Å²) in [6, 6.07) is 3.08. The van der Waals surface area contributed by atoms with Gasteiger partial charge in [-0.15, -0.1) is 12.4 Å². The number of hydrogen-bond donors (Lipinski definition) is 1. The largest absolute Gasteiger partial charge is 0.416 e. The predicted molar refractivity (Wildman–Crippen MR) is 80.6 cm³/mol. The van der Waals surface area contributed by atoms with Gasteiger partial charge in [-0.25, -0.2) is 4.39 Å². The van der Waals surface area contributed by atoms with E-state index in [1.165, 1.54) is 6.07 Å². The van der Waals surface area contributed by atoms with Crippen molar-refractivity contribution in [2.24, 2.45) is 0 Å². The van der Waals surface area contributed by atoms with Crippen molar-refractivity contribution in [1.29, 1.82) is 0 Å². The van der Waals surface area contributed by atoms with Crippen molar-refractivity contribution >= 4 is 12.4 Å². The van der Waals surface area contributed by atoms with Gasteiger partial charge >= 0.3 is 6.18 Å². The van der Waals surface area contributed by atoms with E-state index >= 15 is 0 Å². The van der Waals surface area contributed by atoms with Crippen LogP contribution in [-0.2, 0) is 12.7 Å². The van der Waals surface area contributed by atoms with E-state index in [1.807, 2.05) is 11.9 Å². The summed E-state index contributed by atoms with van der Waals surface area (Å²) in [7, 11) is 1.88. The topological polar surface area (TPSA) is 15.3 Å². The van der Waals surface area contributed by atoms with E-state index in [0.717, 1.165) is 38.4 Å². The zero-order chi connectivity index (χ0) is 15.5. The van der Waals surface area contributed by atoms with Gasteiger partial charge in [-0.1, -0.05) is 0 Å². The van der Waals surface area contributed by atoms with Crippen LogP contribution in [0.1, 0.15) is 30.4 Å². The molecule has 2 rings (SSSR count). The zero-order valence-corrected chi connectivity index (χ0v) is 13.2. The van der Waals surface area contributed by atoms with Crippen LogP contribution in [0.15, 0.2) is 18.2 Å². The van der Waals surface area contributed by atoms with E-state index in [4.69, 9.17) is 0 Å². The molecule has 1 N–H and O–H groups in total. The fourth-order valence-corrected chi connectivity index (χ4v) is 2.76. The van der Waals surface area contributed by atoms with E-state index in [-0.39, 0.29) is 12.4 Å². The Morgan fingerprint density at radius 1 is 1.18 bits per heavy atom. The predicted octanol–water partition coefficient (Wildman–Crippen LogP) is 3.84. The van der Waals surface area contributed by atoms with E-state index in [9.17, 15) is 17.6 Å². The molecule has 0 radical (unpaired) electrons. The van der Waals surface area contributed by atoms with Crippen molar-refractivity contribution in [3.63, 3.8) is 0 Å². The summed E-state index contributed by atoms with van der Waals surface area (Å²) in [5.74, 6) is -0.837. The molecule has 1 aliphatic rings. The number of nitrogens with one attached hydrogen (secondary N) is 1. The normalized spacial score (nSPS) is 19.6. The summed E-state index contributed by atoms with van der Waals surface area (Å²) in [6.07, 6.45) is -1.50. The standard InChI is InChI=1S/C15H20F4N2.ClH/c1-21(14-3-2-5-20-6-4-14)10-11-7-12(15(17,18)19)9-13(16)8-11;/h7-9,14,20H,2-6,10H2,1H3;1H.